The highest BCUT2D eigenvalue weighted by Gasteiger charge is 2.17. The first-order valence-electron chi connectivity index (χ1n) is 7.27. The molecule has 0 radical (unpaired) electrons. The monoisotopic (exact) mass is 294 g/mol. The molecule has 3 aromatic rings. The quantitative estimate of drug-likeness (QED) is 0.738. The standard InChI is InChI=1S/C16H14N4O2/c1-2-4-14-13(3-1)16(18-9-17-14)22-12-7-5-11(6-8-12)15-20-19-10-21-15/h5-10H,1-4H2. The van der Waals surface area contributed by atoms with Crippen LogP contribution in [0.2, 0.25) is 0 Å². The molecule has 0 N–H and O–H groups in total. The minimum Gasteiger partial charge on any atom is -0.439 e. The topological polar surface area (TPSA) is 73.9 Å². The van der Waals surface area contributed by atoms with Gasteiger partial charge in [0.25, 0.3) is 0 Å². The molecule has 2 heterocycles. The number of aryl methyl sites for hydroxylation is 1. The van der Waals surface area contributed by atoms with Crippen molar-refractivity contribution >= 4 is 0 Å². The van der Waals surface area contributed by atoms with Gasteiger partial charge in [0.2, 0.25) is 18.2 Å². The van der Waals surface area contributed by atoms with E-state index in [1.807, 2.05) is 24.3 Å². The van der Waals surface area contributed by atoms with Crippen molar-refractivity contribution in [3.8, 4) is 23.1 Å². The lowest BCUT2D eigenvalue weighted by Gasteiger charge is -2.17. The maximum atomic E-state index is 5.93. The van der Waals surface area contributed by atoms with Crippen LogP contribution in [-0.2, 0) is 12.8 Å². The predicted molar refractivity (Wildman–Crippen MR) is 78.5 cm³/mol. The van der Waals surface area contributed by atoms with E-state index in [1.54, 1.807) is 6.33 Å². The molecule has 4 rings (SSSR count). The third-order valence-corrected chi connectivity index (χ3v) is 3.76. The molecular formula is C16H14N4O2. The van der Waals surface area contributed by atoms with Crippen LogP contribution in [0, 0.1) is 0 Å². The van der Waals surface area contributed by atoms with Crippen molar-refractivity contribution in [1.29, 1.82) is 0 Å². The van der Waals surface area contributed by atoms with Crippen LogP contribution in [0.1, 0.15) is 24.1 Å². The summed E-state index contributed by atoms with van der Waals surface area (Å²) in [6, 6.07) is 7.51. The summed E-state index contributed by atoms with van der Waals surface area (Å²) >= 11 is 0. The van der Waals surface area contributed by atoms with E-state index in [2.05, 4.69) is 20.2 Å². The summed E-state index contributed by atoms with van der Waals surface area (Å²) in [6.45, 7) is 0. The van der Waals surface area contributed by atoms with Crippen LogP contribution < -0.4 is 4.74 Å². The first-order chi connectivity index (χ1) is 10.9. The highest BCUT2D eigenvalue weighted by atomic mass is 16.5. The molecule has 1 aliphatic rings. The van der Waals surface area contributed by atoms with Crippen LogP contribution in [0.4, 0.5) is 0 Å². The lowest BCUT2D eigenvalue weighted by Crippen LogP contribution is -2.08. The molecule has 0 spiro atoms. The molecule has 2 aromatic heterocycles. The molecule has 0 unspecified atom stereocenters. The lowest BCUT2D eigenvalue weighted by atomic mass is 9.97. The summed E-state index contributed by atoms with van der Waals surface area (Å²) in [5.41, 5.74) is 3.10. The first-order valence-corrected chi connectivity index (χ1v) is 7.27. The van der Waals surface area contributed by atoms with Crippen molar-refractivity contribution in [3.05, 3.63) is 48.2 Å². The molecule has 1 aromatic carbocycles. The molecule has 6 heteroatoms. The SMILES string of the molecule is c1nc2c(c(Oc3ccc(-c4nnco4)cc3)n1)CCCC2. The summed E-state index contributed by atoms with van der Waals surface area (Å²) in [4.78, 5) is 8.64. The third kappa shape index (κ3) is 2.43. The van der Waals surface area contributed by atoms with E-state index >= 15 is 0 Å². The van der Waals surface area contributed by atoms with E-state index in [0.717, 1.165) is 41.8 Å². The number of rotatable bonds is 3. The van der Waals surface area contributed by atoms with Gasteiger partial charge < -0.3 is 9.15 Å². The molecule has 110 valence electrons. The third-order valence-electron chi connectivity index (χ3n) is 3.76. The van der Waals surface area contributed by atoms with Crippen molar-refractivity contribution in [2.75, 3.05) is 0 Å². The second-order valence-electron chi connectivity index (χ2n) is 5.18. The summed E-state index contributed by atoms with van der Waals surface area (Å²) < 4.78 is 11.1. The molecule has 0 saturated heterocycles. The number of hydrogen-bond donors (Lipinski definition) is 0. The van der Waals surface area contributed by atoms with E-state index in [-0.39, 0.29) is 0 Å². The van der Waals surface area contributed by atoms with Crippen molar-refractivity contribution in [2.24, 2.45) is 0 Å². The number of nitrogens with zero attached hydrogens (tertiary/aromatic N) is 4. The fourth-order valence-corrected chi connectivity index (χ4v) is 2.66. The van der Waals surface area contributed by atoms with E-state index in [9.17, 15) is 0 Å². The maximum absolute atomic E-state index is 5.93. The molecule has 0 aliphatic heterocycles. The van der Waals surface area contributed by atoms with Gasteiger partial charge in [-0.3, -0.25) is 0 Å². The van der Waals surface area contributed by atoms with E-state index in [0.29, 0.717) is 11.8 Å². The number of ether oxygens (including phenoxy) is 1. The molecule has 1 aliphatic carbocycles. The molecule has 0 saturated carbocycles. The van der Waals surface area contributed by atoms with E-state index in [1.165, 1.54) is 12.8 Å². The smallest absolute Gasteiger partial charge is 0.247 e. The molecule has 0 bridgehead atoms. The van der Waals surface area contributed by atoms with Gasteiger partial charge in [-0.05, 0) is 49.9 Å². The van der Waals surface area contributed by atoms with Crippen LogP contribution in [0.5, 0.6) is 11.6 Å². The van der Waals surface area contributed by atoms with Crippen LogP contribution in [0.3, 0.4) is 0 Å². The van der Waals surface area contributed by atoms with Gasteiger partial charge in [0.05, 0.1) is 5.69 Å². The van der Waals surface area contributed by atoms with Gasteiger partial charge in [-0.25, -0.2) is 9.97 Å². The zero-order valence-electron chi connectivity index (χ0n) is 11.9. The van der Waals surface area contributed by atoms with Gasteiger partial charge >= 0.3 is 0 Å². The van der Waals surface area contributed by atoms with Gasteiger partial charge in [-0.1, -0.05) is 0 Å². The molecular weight excluding hydrogens is 280 g/mol. The second-order valence-corrected chi connectivity index (χ2v) is 5.18. The molecule has 0 amide bonds. The summed E-state index contributed by atoms with van der Waals surface area (Å²) in [6.07, 6.45) is 7.21. The molecule has 22 heavy (non-hydrogen) atoms. The second kappa shape index (κ2) is 5.55. The Bertz CT molecular complexity index is 769. The molecule has 0 atom stereocenters. The summed E-state index contributed by atoms with van der Waals surface area (Å²) in [5, 5.41) is 7.55. The first kappa shape index (κ1) is 12.9. The zero-order valence-corrected chi connectivity index (χ0v) is 11.9. The minimum absolute atomic E-state index is 0.492. The highest BCUT2D eigenvalue weighted by molar-refractivity contribution is 5.54. The van der Waals surface area contributed by atoms with Gasteiger partial charge in [0, 0.05) is 11.1 Å². The maximum Gasteiger partial charge on any atom is 0.247 e. The predicted octanol–water partition coefficient (Wildman–Crippen LogP) is 3.20. The van der Waals surface area contributed by atoms with Gasteiger partial charge in [-0.15, -0.1) is 10.2 Å². The number of hydrogen-bond acceptors (Lipinski definition) is 6. The van der Waals surface area contributed by atoms with Crippen molar-refractivity contribution in [3.63, 3.8) is 0 Å². The van der Waals surface area contributed by atoms with E-state index < -0.39 is 0 Å². The summed E-state index contributed by atoms with van der Waals surface area (Å²) in [5.74, 6) is 1.89. The highest BCUT2D eigenvalue weighted by Crippen LogP contribution is 2.30. The largest absolute Gasteiger partial charge is 0.439 e. The fourth-order valence-electron chi connectivity index (χ4n) is 2.66. The van der Waals surface area contributed by atoms with Crippen LogP contribution in [0.25, 0.3) is 11.5 Å². The van der Waals surface area contributed by atoms with Crippen molar-refractivity contribution < 1.29 is 9.15 Å². The number of aromatic nitrogens is 4. The Morgan fingerprint density at radius 3 is 2.68 bits per heavy atom. The normalized spacial score (nSPS) is 13.6. The Labute approximate surface area is 127 Å². The summed E-state index contributed by atoms with van der Waals surface area (Å²) in [7, 11) is 0. The Hall–Kier alpha value is -2.76. The minimum atomic E-state index is 0.492. The van der Waals surface area contributed by atoms with Crippen LogP contribution >= 0.6 is 0 Å². The molecule has 0 fully saturated rings. The van der Waals surface area contributed by atoms with Crippen LogP contribution in [0.15, 0.2) is 41.4 Å². The zero-order chi connectivity index (χ0) is 14.8. The number of benzene rings is 1. The number of fused-ring (bicyclic) bond motifs is 1. The van der Waals surface area contributed by atoms with Crippen molar-refractivity contribution in [2.45, 2.75) is 25.7 Å². The molecule has 6 nitrogen and oxygen atoms in total. The van der Waals surface area contributed by atoms with Crippen LogP contribution in [-0.4, -0.2) is 20.2 Å². The van der Waals surface area contributed by atoms with E-state index in [4.69, 9.17) is 9.15 Å². The van der Waals surface area contributed by atoms with Crippen molar-refractivity contribution in [1.82, 2.24) is 20.2 Å². The Morgan fingerprint density at radius 1 is 1.00 bits per heavy atom. The van der Waals surface area contributed by atoms with Gasteiger partial charge in [0.15, 0.2) is 0 Å². The lowest BCUT2D eigenvalue weighted by molar-refractivity contribution is 0.447. The average Bonchev–Trinajstić information content (AvgIpc) is 3.10. The van der Waals surface area contributed by atoms with Gasteiger partial charge in [0.1, 0.15) is 12.1 Å². The Morgan fingerprint density at radius 2 is 1.86 bits per heavy atom. The average molecular weight is 294 g/mol. The fraction of sp³-hybridized carbons (Fsp3) is 0.250. The van der Waals surface area contributed by atoms with Gasteiger partial charge in [-0.2, -0.15) is 0 Å². The Kier molecular flexibility index (Phi) is 3.27. The Balaban J connectivity index is 1.59.